The molecule has 1 unspecified atom stereocenters. The first-order valence-corrected chi connectivity index (χ1v) is 5.39. The van der Waals surface area contributed by atoms with Gasteiger partial charge in [0.1, 0.15) is 5.84 Å². The normalized spacial score (nSPS) is 19.9. The summed E-state index contributed by atoms with van der Waals surface area (Å²) in [5, 5.41) is 7.46. The Morgan fingerprint density at radius 1 is 1.50 bits per heavy atom. The van der Waals surface area contributed by atoms with E-state index in [4.69, 9.17) is 20.6 Å². The van der Waals surface area contributed by atoms with E-state index in [-0.39, 0.29) is 11.9 Å². The van der Waals surface area contributed by atoms with Crippen molar-refractivity contribution in [3.8, 4) is 0 Å². The molecule has 1 fully saturated rings. The fourth-order valence-corrected chi connectivity index (χ4v) is 1.76. The minimum absolute atomic E-state index is 0.0851. The van der Waals surface area contributed by atoms with Crippen molar-refractivity contribution >= 4 is 5.84 Å². The van der Waals surface area contributed by atoms with Crippen LogP contribution in [0.5, 0.6) is 0 Å². The van der Waals surface area contributed by atoms with Gasteiger partial charge < -0.3 is 15.2 Å². The highest BCUT2D eigenvalue weighted by atomic mass is 16.5. The second-order valence-electron chi connectivity index (χ2n) is 3.87. The van der Waals surface area contributed by atoms with Crippen molar-refractivity contribution in [2.75, 3.05) is 13.2 Å². The molecule has 0 radical (unpaired) electrons. The van der Waals surface area contributed by atoms with Gasteiger partial charge in [-0.1, -0.05) is 24.3 Å². The molecule has 1 heterocycles. The molecule has 4 nitrogen and oxygen atoms in total. The molecule has 4 heteroatoms. The molecule has 1 aromatic carbocycles. The Hall–Kier alpha value is -1.39. The summed E-state index contributed by atoms with van der Waals surface area (Å²) in [7, 11) is 0. The minimum Gasteiger partial charge on any atom is -0.384 e. The molecule has 2 rings (SSSR count). The Kier molecular flexibility index (Phi) is 3.54. The van der Waals surface area contributed by atoms with Crippen LogP contribution in [0, 0.1) is 5.41 Å². The highest BCUT2D eigenvalue weighted by Crippen LogP contribution is 2.14. The van der Waals surface area contributed by atoms with Gasteiger partial charge in [0, 0.05) is 12.2 Å². The lowest BCUT2D eigenvalue weighted by Crippen LogP contribution is -2.17. The van der Waals surface area contributed by atoms with Crippen LogP contribution in [0.2, 0.25) is 0 Å². The molecule has 3 N–H and O–H groups in total. The summed E-state index contributed by atoms with van der Waals surface area (Å²) in [5.41, 5.74) is 7.21. The zero-order chi connectivity index (χ0) is 11.4. The lowest BCUT2D eigenvalue weighted by atomic mass is 10.1. The Bertz CT molecular complexity index is 373. The second-order valence-corrected chi connectivity index (χ2v) is 3.87. The first-order chi connectivity index (χ1) is 7.77. The molecule has 16 heavy (non-hydrogen) atoms. The molecule has 1 atom stereocenters. The molecule has 0 aromatic heterocycles. The van der Waals surface area contributed by atoms with E-state index >= 15 is 0 Å². The van der Waals surface area contributed by atoms with Gasteiger partial charge in [0.15, 0.2) is 0 Å². The molecule has 0 bridgehead atoms. The average molecular weight is 220 g/mol. The molecule has 0 saturated carbocycles. The molecule has 86 valence electrons. The summed E-state index contributed by atoms with van der Waals surface area (Å²) in [6, 6.07) is 7.58. The summed E-state index contributed by atoms with van der Waals surface area (Å²) >= 11 is 0. The standard InChI is InChI=1S/C12H16N2O2/c13-12(14)11-4-2-1-3-9(11)7-16-10-5-6-15-8-10/h1-4,10H,5-8H2,(H3,13,14). The van der Waals surface area contributed by atoms with Crippen molar-refractivity contribution in [2.45, 2.75) is 19.1 Å². The van der Waals surface area contributed by atoms with Gasteiger partial charge in [0.25, 0.3) is 0 Å². The summed E-state index contributed by atoms with van der Waals surface area (Å²) in [4.78, 5) is 0. The monoisotopic (exact) mass is 220 g/mol. The Balaban J connectivity index is 2.00. The van der Waals surface area contributed by atoms with Crippen molar-refractivity contribution in [2.24, 2.45) is 5.73 Å². The van der Waals surface area contributed by atoms with Crippen LogP contribution in [0.15, 0.2) is 24.3 Å². The van der Waals surface area contributed by atoms with Crippen LogP contribution in [0.1, 0.15) is 17.5 Å². The summed E-state index contributed by atoms with van der Waals surface area (Å²) in [6.45, 7) is 1.94. The van der Waals surface area contributed by atoms with Gasteiger partial charge in [-0.05, 0) is 12.0 Å². The molecular formula is C12H16N2O2. The van der Waals surface area contributed by atoms with Crippen molar-refractivity contribution in [3.63, 3.8) is 0 Å². The van der Waals surface area contributed by atoms with Gasteiger partial charge >= 0.3 is 0 Å². The summed E-state index contributed by atoms with van der Waals surface area (Å²) in [5.74, 6) is 0.0851. The van der Waals surface area contributed by atoms with E-state index in [1.807, 2.05) is 24.3 Å². The van der Waals surface area contributed by atoms with E-state index in [2.05, 4.69) is 0 Å². The van der Waals surface area contributed by atoms with Crippen molar-refractivity contribution in [3.05, 3.63) is 35.4 Å². The molecule has 1 aliphatic heterocycles. The first kappa shape index (κ1) is 11.1. The number of benzene rings is 1. The van der Waals surface area contributed by atoms with Crippen LogP contribution in [-0.2, 0) is 16.1 Å². The van der Waals surface area contributed by atoms with E-state index < -0.39 is 0 Å². The number of nitrogen functional groups attached to an aromatic ring is 1. The van der Waals surface area contributed by atoms with Gasteiger partial charge in [0.05, 0.1) is 19.3 Å². The average Bonchev–Trinajstić information content (AvgIpc) is 2.79. The SMILES string of the molecule is N=C(N)c1ccccc1COC1CCOC1. The molecule has 1 aromatic rings. The zero-order valence-electron chi connectivity index (χ0n) is 9.11. The quantitative estimate of drug-likeness (QED) is 0.593. The molecule has 1 aliphatic rings. The lowest BCUT2D eigenvalue weighted by Gasteiger charge is -2.12. The Labute approximate surface area is 94.9 Å². The van der Waals surface area contributed by atoms with Crippen molar-refractivity contribution in [1.82, 2.24) is 0 Å². The van der Waals surface area contributed by atoms with Crippen LogP contribution in [0.25, 0.3) is 0 Å². The van der Waals surface area contributed by atoms with Crippen molar-refractivity contribution < 1.29 is 9.47 Å². The highest BCUT2D eigenvalue weighted by Gasteiger charge is 2.16. The first-order valence-electron chi connectivity index (χ1n) is 5.39. The largest absolute Gasteiger partial charge is 0.384 e. The molecule has 0 spiro atoms. The van der Waals surface area contributed by atoms with Gasteiger partial charge in [-0.2, -0.15) is 0 Å². The molecule has 0 aliphatic carbocycles. The zero-order valence-corrected chi connectivity index (χ0v) is 9.11. The maximum atomic E-state index is 7.46. The lowest BCUT2D eigenvalue weighted by molar-refractivity contribution is 0.0317. The third-order valence-electron chi connectivity index (χ3n) is 2.67. The second kappa shape index (κ2) is 5.09. The number of nitrogens with one attached hydrogen (secondary N) is 1. The number of nitrogens with two attached hydrogens (primary N) is 1. The van der Waals surface area contributed by atoms with Gasteiger partial charge in [-0.15, -0.1) is 0 Å². The number of hydrogen-bond donors (Lipinski definition) is 2. The topological polar surface area (TPSA) is 68.3 Å². The summed E-state index contributed by atoms with van der Waals surface area (Å²) < 4.78 is 10.9. The van der Waals surface area contributed by atoms with E-state index in [1.54, 1.807) is 0 Å². The van der Waals surface area contributed by atoms with E-state index in [0.717, 1.165) is 24.2 Å². The number of amidine groups is 1. The molecule has 1 saturated heterocycles. The number of hydrogen-bond acceptors (Lipinski definition) is 3. The number of rotatable bonds is 4. The van der Waals surface area contributed by atoms with E-state index in [0.29, 0.717) is 13.2 Å². The fraction of sp³-hybridized carbons (Fsp3) is 0.417. The highest BCUT2D eigenvalue weighted by molar-refractivity contribution is 5.96. The van der Waals surface area contributed by atoms with Gasteiger partial charge in [-0.25, -0.2) is 0 Å². The predicted octanol–water partition coefficient (Wildman–Crippen LogP) is 1.28. The Morgan fingerprint density at radius 2 is 2.31 bits per heavy atom. The van der Waals surface area contributed by atoms with Crippen molar-refractivity contribution in [1.29, 1.82) is 5.41 Å². The van der Waals surface area contributed by atoms with Crippen LogP contribution < -0.4 is 5.73 Å². The fourth-order valence-electron chi connectivity index (χ4n) is 1.76. The molecular weight excluding hydrogens is 204 g/mol. The maximum Gasteiger partial charge on any atom is 0.123 e. The smallest absolute Gasteiger partial charge is 0.123 e. The van der Waals surface area contributed by atoms with Crippen LogP contribution in [0.4, 0.5) is 0 Å². The maximum absolute atomic E-state index is 7.46. The third kappa shape index (κ3) is 2.59. The minimum atomic E-state index is 0.0851. The van der Waals surface area contributed by atoms with Gasteiger partial charge in [0.2, 0.25) is 0 Å². The van der Waals surface area contributed by atoms with E-state index in [9.17, 15) is 0 Å². The Morgan fingerprint density at radius 3 is 3.00 bits per heavy atom. The molecule has 0 amide bonds. The van der Waals surface area contributed by atoms with Crippen LogP contribution >= 0.6 is 0 Å². The van der Waals surface area contributed by atoms with Crippen LogP contribution in [0.3, 0.4) is 0 Å². The van der Waals surface area contributed by atoms with Crippen LogP contribution in [-0.4, -0.2) is 25.2 Å². The predicted molar refractivity (Wildman–Crippen MR) is 61.5 cm³/mol. The van der Waals surface area contributed by atoms with Gasteiger partial charge in [-0.3, -0.25) is 5.41 Å². The third-order valence-corrected chi connectivity index (χ3v) is 2.67. The number of ether oxygens (including phenoxy) is 2. The van der Waals surface area contributed by atoms with E-state index in [1.165, 1.54) is 0 Å². The summed E-state index contributed by atoms with van der Waals surface area (Å²) in [6.07, 6.45) is 1.13.